The van der Waals surface area contributed by atoms with Crippen LogP contribution in [0, 0.1) is 11.3 Å². The van der Waals surface area contributed by atoms with Crippen LogP contribution < -0.4 is 4.74 Å². The topological polar surface area (TPSA) is 75.7 Å². The van der Waals surface area contributed by atoms with Gasteiger partial charge in [-0.25, -0.2) is 4.98 Å². The Balaban J connectivity index is 1.59. The molecule has 7 heteroatoms. The number of hydrogen-bond acceptors (Lipinski definition) is 6. The molecule has 0 N–H and O–H groups in total. The zero-order valence-electron chi connectivity index (χ0n) is 17.9. The average molecular weight is 425 g/mol. The number of morpholine rings is 1. The van der Waals surface area contributed by atoms with Gasteiger partial charge in [0.2, 0.25) is 0 Å². The molecule has 5 rings (SSSR count). The number of nitriles is 1. The largest absolute Gasteiger partial charge is 0.468 e. The Bertz CT molecular complexity index is 1270. The summed E-state index contributed by atoms with van der Waals surface area (Å²) in [5.41, 5.74) is 6.27. The van der Waals surface area contributed by atoms with Gasteiger partial charge in [-0.3, -0.25) is 9.30 Å². The first kappa shape index (κ1) is 20.2. The van der Waals surface area contributed by atoms with E-state index in [4.69, 9.17) is 19.7 Å². The van der Waals surface area contributed by atoms with Gasteiger partial charge in [0, 0.05) is 37.6 Å². The van der Waals surface area contributed by atoms with Gasteiger partial charge < -0.3 is 9.47 Å². The lowest BCUT2D eigenvalue weighted by molar-refractivity contribution is 0.0342. The van der Waals surface area contributed by atoms with Crippen LogP contribution in [0.15, 0.2) is 60.9 Å². The Morgan fingerprint density at radius 2 is 1.75 bits per heavy atom. The first-order valence-corrected chi connectivity index (χ1v) is 10.6. The molecule has 32 heavy (non-hydrogen) atoms. The Hall–Kier alpha value is -3.73. The molecule has 0 unspecified atom stereocenters. The van der Waals surface area contributed by atoms with Gasteiger partial charge in [0.1, 0.15) is 0 Å². The molecule has 160 valence electrons. The van der Waals surface area contributed by atoms with E-state index in [-0.39, 0.29) is 0 Å². The minimum absolute atomic E-state index is 0.463. The van der Waals surface area contributed by atoms with Gasteiger partial charge in [-0.1, -0.05) is 36.4 Å². The van der Waals surface area contributed by atoms with Gasteiger partial charge in [-0.15, -0.1) is 0 Å². The predicted octanol–water partition coefficient (Wildman–Crippen LogP) is 3.78. The van der Waals surface area contributed by atoms with Gasteiger partial charge >= 0.3 is 6.01 Å². The number of imidazole rings is 1. The van der Waals surface area contributed by atoms with Crippen molar-refractivity contribution in [3.05, 3.63) is 72.1 Å². The minimum atomic E-state index is 0.463. The molecule has 3 heterocycles. The lowest BCUT2D eigenvalue weighted by Gasteiger charge is -2.26. The third-order valence-electron chi connectivity index (χ3n) is 5.74. The lowest BCUT2D eigenvalue weighted by atomic mass is 9.98. The third-order valence-corrected chi connectivity index (χ3v) is 5.74. The summed E-state index contributed by atoms with van der Waals surface area (Å²) in [6.45, 7) is 4.41. The molecule has 1 aliphatic rings. The number of aromatic nitrogens is 3. The molecule has 1 aliphatic heterocycles. The van der Waals surface area contributed by atoms with Gasteiger partial charge in [-0.05, 0) is 23.3 Å². The van der Waals surface area contributed by atoms with Gasteiger partial charge in [0.25, 0.3) is 0 Å². The minimum Gasteiger partial charge on any atom is -0.468 e. The highest BCUT2D eigenvalue weighted by molar-refractivity contribution is 5.90. The second-order valence-electron chi connectivity index (χ2n) is 7.72. The zero-order chi connectivity index (χ0) is 21.9. The van der Waals surface area contributed by atoms with Crippen molar-refractivity contribution < 1.29 is 9.47 Å². The van der Waals surface area contributed by atoms with E-state index in [1.807, 2.05) is 22.7 Å². The molecule has 0 atom stereocenters. The van der Waals surface area contributed by atoms with E-state index in [2.05, 4.69) is 40.2 Å². The highest BCUT2D eigenvalue weighted by atomic mass is 16.5. The summed E-state index contributed by atoms with van der Waals surface area (Å²) < 4.78 is 12.8. The molecule has 0 aliphatic carbocycles. The van der Waals surface area contributed by atoms with Crippen LogP contribution in [0.1, 0.15) is 11.1 Å². The summed E-state index contributed by atoms with van der Waals surface area (Å²) in [7, 11) is 1.60. The molecule has 0 amide bonds. The normalized spacial score (nSPS) is 14.4. The highest BCUT2D eigenvalue weighted by Crippen LogP contribution is 2.36. The Labute approximate surface area is 186 Å². The Morgan fingerprint density at radius 1 is 1.03 bits per heavy atom. The van der Waals surface area contributed by atoms with Crippen LogP contribution in [0.4, 0.5) is 0 Å². The maximum absolute atomic E-state index is 9.16. The summed E-state index contributed by atoms with van der Waals surface area (Å²) in [6, 6.07) is 18.6. The zero-order valence-corrected chi connectivity index (χ0v) is 17.9. The van der Waals surface area contributed by atoms with Crippen LogP contribution in [0.2, 0.25) is 0 Å². The monoisotopic (exact) mass is 425 g/mol. The maximum atomic E-state index is 9.16. The standard InChI is InChI=1S/C25H23N5O2/c1-31-25-28-23(21-8-2-18(16-26)3-9-21)22(24-27-10-11-30(24)25)20-6-4-19(5-7-20)17-29-12-14-32-15-13-29/h2-11H,12-15,17H2,1H3. The molecule has 2 aromatic carbocycles. The van der Waals surface area contributed by atoms with E-state index < -0.39 is 0 Å². The Morgan fingerprint density at radius 3 is 2.44 bits per heavy atom. The van der Waals surface area contributed by atoms with E-state index in [1.165, 1.54) is 5.56 Å². The van der Waals surface area contributed by atoms with Crippen LogP contribution in [0.3, 0.4) is 0 Å². The molecular weight excluding hydrogens is 402 g/mol. The second kappa shape index (κ2) is 8.79. The van der Waals surface area contributed by atoms with Crippen LogP contribution in [-0.4, -0.2) is 52.7 Å². The quantitative estimate of drug-likeness (QED) is 0.484. The van der Waals surface area contributed by atoms with Crippen LogP contribution in [0.5, 0.6) is 6.01 Å². The summed E-state index contributed by atoms with van der Waals surface area (Å²) in [5, 5.41) is 9.16. The molecule has 2 aromatic heterocycles. The SMILES string of the molecule is COc1nc(-c2ccc(C#N)cc2)c(-c2ccc(CN3CCOCC3)cc2)c2nccn12. The second-order valence-corrected chi connectivity index (χ2v) is 7.72. The van der Waals surface area contributed by atoms with Crippen molar-refractivity contribution in [3.63, 3.8) is 0 Å². The molecule has 0 saturated carbocycles. The van der Waals surface area contributed by atoms with Crippen LogP contribution in [0.25, 0.3) is 28.0 Å². The summed E-state index contributed by atoms with van der Waals surface area (Å²) in [4.78, 5) is 11.8. The predicted molar refractivity (Wildman–Crippen MR) is 121 cm³/mol. The lowest BCUT2D eigenvalue weighted by Crippen LogP contribution is -2.35. The number of nitrogens with zero attached hydrogens (tertiary/aromatic N) is 5. The Kier molecular flexibility index (Phi) is 5.55. The fourth-order valence-corrected chi connectivity index (χ4v) is 4.07. The average Bonchev–Trinajstić information content (AvgIpc) is 3.34. The fraction of sp³-hybridized carbons (Fsp3) is 0.240. The first-order chi connectivity index (χ1) is 15.8. The summed E-state index contributed by atoms with van der Waals surface area (Å²) in [5.74, 6) is 0. The van der Waals surface area contributed by atoms with Crippen molar-refractivity contribution in [1.29, 1.82) is 5.26 Å². The number of methoxy groups -OCH3 is 1. The van der Waals surface area contributed by atoms with Crippen molar-refractivity contribution in [2.24, 2.45) is 0 Å². The molecular formula is C25H23N5O2. The van der Waals surface area contributed by atoms with E-state index in [9.17, 15) is 0 Å². The van der Waals surface area contributed by atoms with Crippen LogP contribution in [-0.2, 0) is 11.3 Å². The maximum Gasteiger partial charge on any atom is 0.302 e. The summed E-state index contributed by atoms with van der Waals surface area (Å²) >= 11 is 0. The highest BCUT2D eigenvalue weighted by Gasteiger charge is 2.19. The number of fused-ring (bicyclic) bond motifs is 1. The number of ether oxygens (including phenoxy) is 2. The van der Waals surface area contributed by atoms with Gasteiger partial charge in [0.15, 0.2) is 5.65 Å². The third kappa shape index (κ3) is 3.82. The molecule has 4 aromatic rings. The van der Waals surface area contributed by atoms with Gasteiger partial charge in [0.05, 0.1) is 43.2 Å². The number of rotatable bonds is 5. The van der Waals surface area contributed by atoms with E-state index in [1.54, 1.807) is 25.4 Å². The van der Waals surface area contributed by atoms with Crippen molar-refractivity contribution >= 4 is 5.65 Å². The van der Waals surface area contributed by atoms with Crippen molar-refractivity contribution in [2.75, 3.05) is 33.4 Å². The van der Waals surface area contributed by atoms with Crippen LogP contribution >= 0.6 is 0 Å². The van der Waals surface area contributed by atoms with E-state index in [0.29, 0.717) is 11.6 Å². The number of hydrogen-bond donors (Lipinski definition) is 0. The molecule has 0 radical (unpaired) electrons. The van der Waals surface area contributed by atoms with Crippen molar-refractivity contribution in [1.82, 2.24) is 19.3 Å². The molecule has 0 bridgehead atoms. The molecule has 0 spiro atoms. The van der Waals surface area contributed by atoms with E-state index >= 15 is 0 Å². The molecule has 1 saturated heterocycles. The number of benzene rings is 2. The van der Waals surface area contributed by atoms with Crippen molar-refractivity contribution in [2.45, 2.75) is 6.54 Å². The molecule has 1 fully saturated rings. The van der Waals surface area contributed by atoms with Gasteiger partial charge in [-0.2, -0.15) is 10.2 Å². The molecule has 7 nitrogen and oxygen atoms in total. The fourth-order valence-electron chi connectivity index (χ4n) is 4.07. The smallest absolute Gasteiger partial charge is 0.302 e. The van der Waals surface area contributed by atoms with Crippen molar-refractivity contribution in [3.8, 4) is 34.5 Å². The summed E-state index contributed by atoms with van der Waals surface area (Å²) in [6.07, 6.45) is 3.60. The first-order valence-electron chi connectivity index (χ1n) is 10.6. The van der Waals surface area contributed by atoms with E-state index in [0.717, 1.165) is 60.9 Å².